The van der Waals surface area contributed by atoms with E-state index in [1.165, 1.54) is 0 Å². The molecule has 0 radical (unpaired) electrons. The lowest BCUT2D eigenvalue weighted by Gasteiger charge is -2.43. The first-order chi connectivity index (χ1) is 12.6. The van der Waals surface area contributed by atoms with Crippen LogP contribution < -0.4 is 10.1 Å². The Morgan fingerprint density at radius 2 is 2.08 bits per heavy atom. The number of methoxy groups -OCH3 is 1. The number of benzene rings is 1. The molecule has 0 aliphatic carbocycles. The predicted octanol–water partition coefficient (Wildman–Crippen LogP) is 2.04. The van der Waals surface area contributed by atoms with Gasteiger partial charge in [0.05, 0.1) is 20.3 Å². The molecule has 7 heteroatoms. The van der Waals surface area contributed by atoms with Crippen molar-refractivity contribution in [2.45, 2.75) is 18.5 Å². The number of hydrogen-bond acceptors (Lipinski definition) is 5. The summed E-state index contributed by atoms with van der Waals surface area (Å²) in [5, 5.41) is 3.17. The van der Waals surface area contributed by atoms with Crippen LogP contribution in [0.1, 0.15) is 12.0 Å². The van der Waals surface area contributed by atoms with Crippen molar-refractivity contribution in [2.75, 3.05) is 58.5 Å². The highest BCUT2D eigenvalue weighted by molar-refractivity contribution is 7.99. The zero-order valence-corrected chi connectivity index (χ0v) is 16.5. The molecule has 2 saturated heterocycles. The van der Waals surface area contributed by atoms with Gasteiger partial charge in [-0.15, -0.1) is 0 Å². The molecule has 6 nitrogen and oxygen atoms in total. The Hall–Kier alpha value is -1.44. The smallest absolute Gasteiger partial charge is 0.317 e. The Morgan fingerprint density at radius 1 is 1.35 bits per heavy atom. The average molecular weight is 380 g/mol. The van der Waals surface area contributed by atoms with Crippen LogP contribution >= 0.6 is 11.8 Å². The van der Waals surface area contributed by atoms with Crippen molar-refractivity contribution in [3.05, 3.63) is 29.8 Å². The van der Waals surface area contributed by atoms with E-state index in [-0.39, 0.29) is 11.6 Å². The molecular weight excluding hydrogens is 350 g/mol. The van der Waals surface area contributed by atoms with Crippen LogP contribution in [0.25, 0.3) is 0 Å². The number of morpholine rings is 1. The Bertz CT molecular complexity index is 584. The Kier molecular flexibility index (Phi) is 6.67. The van der Waals surface area contributed by atoms with E-state index < -0.39 is 0 Å². The van der Waals surface area contributed by atoms with Gasteiger partial charge in [0.25, 0.3) is 0 Å². The maximum atomic E-state index is 12.6. The molecule has 144 valence electrons. The third kappa shape index (κ3) is 4.64. The standard InChI is InChI=1S/C19H29N3O3S/c1-21(13-16-3-5-17(24-2)6-4-16)18(23)20-14-19(7-12-26-15-19)22-8-10-25-11-9-22/h3-6H,7-15H2,1-2H3,(H,20,23)/t19-/m1/s1. The largest absolute Gasteiger partial charge is 0.497 e. The molecule has 0 bridgehead atoms. The van der Waals surface area contributed by atoms with E-state index in [1.807, 2.05) is 43.1 Å². The van der Waals surface area contributed by atoms with Crippen molar-refractivity contribution in [2.24, 2.45) is 0 Å². The number of urea groups is 1. The lowest BCUT2D eigenvalue weighted by molar-refractivity contribution is -0.0127. The molecule has 0 saturated carbocycles. The number of carbonyl (C=O) groups excluding carboxylic acids is 1. The minimum Gasteiger partial charge on any atom is -0.497 e. The number of nitrogens with one attached hydrogen (secondary N) is 1. The molecule has 2 aliphatic rings. The van der Waals surface area contributed by atoms with Crippen molar-refractivity contribution in [3.8, 4) is 5.75 Å². The summed E-state index contributed by atoms with van der Waals surface area (Å²) in [4.78, 5) is 16.8. The van der Waals surface area contributed by atoms with E-state index in [1.54, 1.807) is 12.0 Å². The lowest BCUT2D eigenvalue weighted by atomic mass is 9.95. The molecular formula is C19H29N3O3S. The normalized spacial score (nSPS) is 23.6. The molecule has 0 aromatic heterocycles. The van der Waals surface area contributed by atoms with E-state index >= 15 is 0 Å². The fourth-order valence-corrected chi connectivity index (χ4v) is 5.06. The van der Waals surface area contributed by atoms with Gasteiger partial charge >= 0.3 is 6.03 Å². The molecule has 2 heterocycles. The van der Waals surface area contributed by atoms with Gasteiger partial charge in [-0.1, -0.05) is 12.1 Å². The van der Waals surface area contributed by atoms with Crippen LogP contribution in [-0.4, -0.2) is 79.9 Å². The number of thioether (sulfide) groups is 1. The monoisotopic (exact) mass is 379 g/mol. The summed E-state index contributed by atoms with van der Waals surface area (Å²) in [6.45, 7) is 4.77. The summed E-state index contributed by atoms with van der Waals surface area (Å²) >= 11 is 1.98. The summed E-state index contributed by atoms with van der Waals surface area (Å²) in [7, 11) is 3.49. The van der Waals surface area contributed by atoms with E-state index in [0.29, 0.717) is 13.1 Å². The third-order valence-electron chi connectivity index (χ3n) is 5.26. The number of rotatable bonds is 6. The highest BCUT2D eigenvalue weighted by atomic mass is 32.2. The summed E-state index contributed by atoms with van der Waals surface area (Å²) in [6.07, 6.45) is 1.13. The molecule has 2 amide bonds. The molecule has 26 heavy (non-hydrogen) atoms. The molecule has 1 aromatic carbocycles. The summed E-state index contributed by atoms with van der Waals surface area (Å²) in [5.41, 5.74) is 1.16. The maximum Gasteiger partial charge on any atom is 0.317 e. The van der Waals surface area contributed by atoms with Gasteiger partial charge in [0.2, 0.25) is 0 Å². The summed E-state index contributed by atoms with van der Waals surface area (Å²) in [5.74, 6) is 3.07. The van der Waals surface area contributed by atoms with Crippen molar-refractivity contribution >= 4 is 17.8 Å². The number of carbonyl (C=O) groups is 1. The highest BCUT2D eigenvalue weighted by Crippen LogP contribution is 2.33. The van der Waals surface area contributed by atoms with E-state index in [0.717, 1.165) is 55.5 Å². The third-order valence-corrected chi connectivity index (χ3v) is 6.49. The summed E-state index contributed by atoms with van der Waals surface area (Å²) in [6, 6.07) is 7.80. The Balaban J connectivity index is 1.53. The van der Waals surface area contributed by atoms with Crippen LogP contribution in [0.4, 0.5) is 4.79 Å². The Morgan fingerprint density at radius 3 is 2.69 bits per heavy atom. The number of amides is 2. The second-order valence-corrected chi connectivity index (χ2v) is 8.09. The molecule has 0 unspecified atom stereocenters. The van der Waals surface area contributed by atoms with Crippen molar-refractivity contribution in [1.29, 1.82) is 0 Å². The van der Waals surface area contributed by atoms with Gasteiger partial charge in [0.1, 0.15) is 5.75 Å². The van der Waals surface area contributed by atoms with Crippen LogP contribution in [0.2, 0.25) is 0 Å². The van der Waals surface area contributed by atoms with Crippen molar-refractivity contribution < 1.29 is 14.3 Å². The second kappa shape index (κ2) is 8.97. The molecule has 2 aliphatic heterocycles. The average Bonchev–Trinajstić information content (AvgIpc) is 3.17. The quantitative estimate of drug-likeness (QED) is 0.820. The van der Waals surface area contributed by atoms with Crippen molar-refractivity contribution in [1.82, 2.24) is 15.1 Å². The number of nitrogens with zero attached hydrogens (tertiary/aromatic N) is 2. The van der Waals surface area contributed by atoms with Crippen LogP contribution in [0.5, 0.6) is 5.75 Å². The fraction of sp³-hybridized carbons (Fsp3) is 0.632. The van der Waals surface area contributed by atoms with E-state index in [9.17, 15) is 4.79 Å². The molecule has 2 fully saturated rings. The zero-order valence-electron chi connectivity index (χ0n) is 15.7. The summed E-state index contributed by atoms with van der Waals surface area (Å²) < 4.78 is 10.7. The van der Waals surface area contributed by atoms with Gasteiger partial charge < -0.3 is 19.7 Å². The van der Waals surface area contributed by atoms with Crippen LogP contribution in [0.3, 0.4) is 0 Å². The first-order valence-corrected chi connectivity index (χ1v) is 10.3. The molecule has 1 aromatic rings. The highest BCUT2D eigenvalue weighted by Gasteiger charge is 2.41. The number of ether oxygens (including phenoxy) is 2. The van der Waals surface area contributed by atoms with Crippen LogP contribution in [0, 0.1) is 0 Å². The topological polar surface area (TPSA) is 54.0 Å². The van der Waals surface area contributed by atoms with Crippen LogP contribution in [0.15, 0.2) is 24.3 Å². The van der Waals surface area contributed by atoms with Gasteiger partial charge in [-0.2, -0.15) is 11.8 Å². The van der Waals surface area contributed by atoms with Gasteiger partial charge in [0.15, 0.2) is 0 Å². The predicted molar refractivity (Wildman–Crippen MR) is 105 cm³/mol. The molecule has 1 N–H and O–H groups in total. The minimum absolute atomic E-state index is 0.0228. The number of hydrogen-bond donors (Lipinski definition) is 1. The Labute approximate surface area is 160 Å². The fourth-order valence-electron chi connectivity index (χ4n) is 3.59. The lowest BCUT2D eigenvalue weighted by Crippen LogP contribution is -2.59. The van der Waals surface area contributed by atoms with Gasteiger partial charge in [0, 0.05) is 44.5 Å². The SMILES string of the molecule is COc1ccc(CN(C)C(=O)NC[C@]2(N3CCOCC3)CCSC2)cc1. The zero-order chi connectivity index (χ0) is 18.4. The van der Waals surface area contributed by atoms with Gasteiger partial charge in [-0.05, 0) is 29.9 Å². The van der Waals surface area contributed by atoms with Crippen molar-refractivity contribution in [3.63, 3.8) is 0 Å². The van der Waals surface area contributed by atoms with Crippen LogP contribution in [-0.2, 0) is 11.3 Å². The maximum absolute atomic E-state index is 12.6. The second-order valence-electron chi connectivity index (χ2n) is 6.99. The first kappa shape index (κ1) is 19.3. The van der Waals surface area contributed by atoms with E-state index in [2.05, 4.69) is 10.2 Å². The van der Waals surface area contributed by atoms with E-state index in [4.69, 9.17) is 9.47 Å². The minimum atomic E-state index is -0.0228. The van der Waals surface area contributed by atoms with Gasteiger partial charge in [-0.3, -0.25) is 4.90 Å². The molecule has 0 spiro atoms. The molecule has 3 rings (SSSR count). The molecule has 1 atom stereocenters. The first-order valence-electron chi connectivity index (χ1n) is 9.15. The van der Waals surface area contributed by atoms with Gasteiger partial charge in [-0.25, -0.2) is 4.79 Å².